The number of benzene rings is 1. The molecule has 2 N–H and O–H groups in total. The molecule has 1 aromatic heterocycles. The number of aromatic nitrogens is 1. The van der Waals surface area contributed by atoms with Crippen molar-refractivity contribution in [2.24, 2.45) is 0 Å². The second-order valence-electron chi connectivity index (χ2n) is 4.21. The summed E-state index contributed by atoms with van der Waals surface area (Å²) in [4.78, 5) is 3.77. The molecule has 0 spiro atoms. The topological polar surface area (TPSA) is 45.1 Å². The Hall–Kier alpha value is -2.08. The summed E-state index contributed by atoms with van der Waals surface area (Å²) in [6.07, 6.45) is -3.09. The van der Waals surface area contributed by atoms with Gasteiger partial charge in [0.25, 0.3) is 0 Å². The Bertz CT molecular complexity index is 585. The average molecular weight is 282 g/mol. The first-order valence-corrected chi connectivity index (χ1v) is 5.95. The van der Waals surface area contributed by atoms with Crippen molar-refractivity contribution in [1.82, 2.24) is 4.98 Å². The van der Waals surface area contributed by atoms with Gasteiger partial charge in [-0.1, -0.05) is 12.1 Å². The fourth-order valence-electron chi connectivity index (χ4n) is 1.80. The lowest BCUT2D eigenvalue weighted by Gasteiger charge is -2.13. The van der Waals surface area contributed by atoms with Crippen LogP contribution in [0.15, 0.2) is 42.6 Å². The van der Waals surface area contributed by atoms with Crippen LogP contribution >= 0.6 is 0 Å². The van der Waals surface area contributed by atoms with Gasteiger partial charge in [-0.3, -0.25) is 4.98 Å². The van der Waals surface area contributed by atoms with Gasteiger partial charge in [0, 0.05) is 11.9 Å². The third-order valence-electron chi connectivity index (χ3n) is 2.77. The molecule has 0 unspecified atom stereocenters. The molecule has 0 aliphatic rings. The zero-order valence-electron chi connectivity index (χ0n) is 10.5. The molecule has 0 saturated heterocycles. The van der Waals surface area contributed by atoms with Gasteiger partial charge in [0.1, 0.15) is 0 Å². The second kappa shape index (κ2) is 5.92. The van der Waals surface area contributed by atoms with Crippen LogP contribution in [0.1, 0.15) is 16.8 Å². The van der Waals surface area contributed by atoms with Gasteiger partial charge in [0.05, 0.1) is 24.4 Å². The molecule has 2 aromatic rings. The van der Waals surface area contributed by atoms with E-state index in [0.29, 0.717) is 11.3 Å². The van der Waals surface area contributed by atoms with Gasteiger partial charge in [-0.2, -0.15) is 13.2 Å². The van der Waals surface area contributed by atoms with E-state index in [2.05, 4.69) is 10.3 Å². The van der Waals surface area contributed by atoms with Crippen molar-refractivity contribution >= 4 is 5.69 Å². The van der Waals surface area contributed by atoms with Crippen molar-refractivity contribution in [3.63, 3.8) is 0 Å². The highest BCUT2D eigenvalue weighted by atomic mass is 19.4. The van der Waals surface area contributed by atoms with Crippen molar-refractivity contribution in [3.05, 3.63) is 59.4 Å². The van der Waals surface area contributed by atoms with Crippen LogP contribution in [-0.2, 0) is 19.3 Å². The Morgan fingerprint density at radius 3 is 2.65 bits per heavy atom. The van der Waals surface area contributed by atoms with E-state index in [9.17, 15) is 13.2 Å². The molecular formula is C14H13F3N2O. The molecule has 106 valence electrons. The van der Waals surface area contributed by atoms with Crippen LogP contribution in [0.2, 0.25) is 0 Å². The number of anilines is 1. The average Bonchev–Trinajstić information content (AvgIpc) is 2.44. The number of hydrogen-bond donors (Lipinski definition) is 2. The predicted octanol–water partition coefficient (Wildman–Crippen LogP) is 3.20. The zero-order valence-corrected chi connectivity index (χ0v) is 10.5. The van der Waals surface area contributed by atoms with E-state index in [1.54, 1.807) is 24.3 Å². The molecule has 0 bridgehead atoms. The molecule has 6 heteroatoms. The number of hydrogen-bond acceptors (Lipinski definition) is 3. The summed E-state index contributed by atoms with van der Waals surface area (Å²) in [6, 6.07) is 9.11. The molecule has 0 aliphatic heterocycles. The van der Waals surface area contributed by atoms with Crippen LogP contribution in [0.25, 0.3) is 0 Å². The van der Waals surface area contributed by atoms with Crippen LogP contribution in [0, 0.1) is 0 Å². The third kappa shape index (κ3) is 3.48. The molecular weight excluding hydrogens is 269 g/mol. The lowest BCUT2D eigenvalue weighted by atomic mass is 10.1. The number of nitrogens with zero attached hydrogens (tertiary/aromatic N) is 1. The fraction of sp³-hybridized carbons (Fsp3) is 0.214. The maximum absolute atomic E-state index is 12.8. The molecule has 1 aromatic carbocycles. The van der Waals surface area contributed by atoms with Gasteiger partial charge in [-0.05, 0) is 29.8 Å². The van der Waals surface area contributed by atoms with Crippen LogP contribution in [0.3, 0.4) is 0 Å². The van der Waals surface area contributed by atoms with E-state index in [4.69, 9.17) is 5.11 Å². The fourth-order valence-corrected chi connectivity index (χ4v) is 1.80. The first-order valence-electron chi connectivity index (χ1n) is 5.95. The lowest BCUT2D eigenvalue weighted by Crippen LogP contribution is -2.13. The van der Waals surface area contributed by atoms with Gasteiger partial charge in [0.15, 0.2) is 0 Å². The number of halogens is 3. The largest absolute Gasteiger partial charge is 0.418 e. The highest BCUT2D eigenvalue weighted by Gasteiger charge is 2.33. The number of aliphatic hydroxyl groups is 1. The highest BCUT2D eigenvalue weighted by molar-refractivity contribution is 5.46. The van der Waals surface area contributed by atoms with Crippen molar-refractivity contribution in [1.29, 1.82) is 0 Å². The second-order valence-corrected chi connectivity index (χ2v) is 4.21. The summed E-state index contributed by atoms with van der Waals surface area (Å²) in [5.41, 5.74) is 0.516. The summed E-state index contributed by atoms with van der Waals surface area (Å²) in [5, 5.41) is 11.9. The molecule has 2 rings (SSSR count). The molecule has 3 nitrogen and oxygen atoms in total. The Labute approximate surface area is 114 Å². The smallest absolute Gasteiger partial charge is 0.392 e. The maximum atomic E-state index is 12.8. The predicted molar refractivity (Wildman–Crippen MR) is 68.9 cm³/mol. The Morgan fingerprint density at radius 1 is 1.15 bits per heavy atom. The first-order chi connectivity index (χ1) is 9.50. The van der Waals surface area contributed by atoms with E-state index < -0.39 is 11.7 Å². The van der Waals surface area contributed by atoms with Gasteiger partial charge in [0.2, 0.25) is 0 Å². The Balaban J connectivity index is 2.15. The standard InChI is InChI=1S/C14H13F3N2O/c15-14(16,17)12-5-2-6-18-13(12)8-19-11-4-1-3-10(7-11)9-20/h1-7,19-20H,8-9H2. The summed E-state index contributed by atoms with van der Waals surface area (Å²) in [7, 11) is 0. The summed E-state index contributed by atoms with van der Waals surface area (Å²) in [5.74, 6) is 0. The minimum Gasteiger partial charge on any atom is -0.392 e. The zero-order chi connectivity index (χ0) is 14.6. The van der Waals surface area contributed by atoms with Crippen LogP contribution in [0.5, 0.6) is 0 Å². The number of nitrogens with one attached hydrogen (secondary N) is 1. The molecule has 20 heavy (non-hydrogen) atoms. The monoisotopic (exact) mass is 282 g/mol. The quantitative estimate of drug-likeness (QED) is 0.905. The SMILES string of the molecule is OCc1cccc(NCc2ncccc2C(F)(F)F)c1. The molecule has 0 radical (unpaired) electrons. The molecule has 0 atom stereocenters. The van der Waals surface area contributed by atoms with Gasteiger partial charge in [-0.25, -0.2) is 0 Å². The number of pyridine rings is 1. The van der Waals surface area contributed by atoms with Crippen LogP contribution in [-0.4, -0.2) is 10.1 Å². The van der Waals surface area contributed by atoms with Crippen LogP contribution < -0.4 is 5.32 Å². The minimum atomic E-state index is -4.42. The number of rotatable bonds is 4. The molecule has 0 amide bonds. The van der Waals surface area contributed by atoms with Gasteiger partial charge >= 0.3 is 6.18 Å². The number of alkyl halides is 3. The van der Waals surface area contributed by atoms with Crippen molar-refractivity contribution in [2.45, 2.75) is 19.3 Å². The minimum absolute atomic E-state index is 0.0371. The summed E-state index contributed by atoms with van der Waals surface area (Å²) >= 11 is 0. The van der Waals surface area contributed by atoms with Crippen LogP contribution in [0.4, 0.5) is 18.9 Å². The van der Waals surface area contributed by atoms with Crippen molar-refractivity contribution in [2.75, 3.05) is 5.32 Å². The van der Waals surface area contributed by atoms with Crippen molar-refractivity contribution < 1.29 is 18.3 Å². The maximum Gasteiger partial charge on any atom is 0.418 e. The number of aliphatic hydroxyl groups excluding tert-OH is 1. The molecule has 0 aliphatic carbocycles. The molecule has 0 fully saturated rings. The van der Waals surface area contributed by atoms with E-state index in [-0.39, 0.29) is 18.8 Å². The highest BCUT2D eigenvalue weighted by Crippen LogP contribution is 2.31. The van der Waals surface area contributed by atoms with E-state index in [1.165, 1.54) is 12.3 Å². The summed E-state index contributed by atoms with van der Waals surface area (Å²) in [6.45, 7) is -0.155. The Kier molecular flexibility index (Phi) is 4.24. The third-order valence-corrected chi connectivity index (χ3v) is 2.77. The summed E-state index contributed by atoms with van der Waals surface area (Å²) < 4.78 is 38.4. The lowest BCUT2D eigenvalue weighted by molar-refractivity contribution is -0.138. The van der Waals surface area contributed by atoms with E-state index >= 15 is 0 Å². The van der Waals surface area contributed by atoms with Gasteiger partial charge < -0.3 is 10.4 Å². The molecule has 0 saturated carbocycles. The van der Waals surface area contributed by atoms with E-state index in [1.807, 2.05) is 0 Å². The Morgan fingerprint density at radius 2 is 1.95 bits per heavy atom. The normalized spacial score (nSPS) is 11.4. The van der Waals surface area contributed by atoms with E-state index in [0.717, 1.165) is 6.07 Å². The first kappa shape index (κ1) is 14.3. The molecule has 1 heterocycles. The van der Waals surface area contributed by atoms with Gasteiger partial charge in [-0.15, -0.1) is 0 Å². The van der Waals surface area contributed by atoms with Crippen molar-refractivity contribution in [3.8, 4) is 0 Å².